The third kappa shape index (κ3) is 4.44. The summed E-state index contributed by atoms with van der Waals surface area (Å²) in [6.45, 7) is 4.86. The monoisotopic (exact) mass is 265 g/mol. The number of likely N-dealkylation sites (N-methyl/N-ethyl adjacent to an activating group) is 1. The highest BCUT2D eigenvalue weighted by Gasteiger charge is 2.19. The van der Waals surface area contributed by atoms with Gasteiger partial charge in [-0.1, -0.05) is 13.8 Å². The number of hydrogen-bond acceptors (Lipinski definition) is 4. The van der Waals surface area contributed by atoms with Crippen molar-refractivity contribution in [1.82, 2.24) is 10.2 Å². The topological polar surface area (TPSA) is 78.6 Å². The van der Waals surface area contributed by atoms with Gasteiger partial charge < -0.3 is 21.1 Å². The highest BCUT2D eigenvalue weighted by Crippen LogP contribution is 2.18. The third-order valence-corrected chi connectivity index (χ3v) is 2.96. The zero-order valence-corrected chi connectivity index (χ0v) is 12.0. The third-order valence-electron chi connectivity index (χ3n) is 2.96. The molecule has 0 fully saturated rings. The minimum atomic E-state index is -0.256. The summed E-state index contributed by atoms with van der Waals surface area (Å²) >= 11 is 0. The molecule has 0 spiro atoms. The molecule has 5 heteroatoms. The molecule has 4 N–H and O–H groups in total. The van der Waals surface area contributed by atoms with Gasteiger partial charge in [0.15, 0.2) is 0 Å². The summed E-state index contributed by atoms with van der Waals surface area (Å²) < 4.78 is 0. The van der Waals surface area contributed by atoms with E-state index in [9.17, 15) is 9.90 Å². The number of nitrogens with one attached hydrogen (secondary N) is 1. The van der Waals surface area contributed by atoms with Gasteiger partial charge in [0.05, 0.1) is 5.56 Å². The molecule has 1 atom stereocenters. The molecule has 5 nitrogen and oxygen atoms in total. The number of benzene rings is 1. The first-order valence-corrected chi connectivity index (χ1v) is 6.35. The van der Waals surface area contributed by atoms with E-state index in [-0.39, 0.29) is 17.7 Å². The number of carbonyl (C=O) groups excluding carboxylic acids is 1. The first-order chi connectivity index (χ1) is 8.81. The molecule has 0 radical (unpaired) electrons. The normalized spacial score (nSPS) is 12.7. The predicted molar refractivity (Wildman–Crippen MR) is 77.2 cm³/mol. The molecule has 106 valence electrons. The van der Waals surface area contributed by atoms with Gasteiger partial charge in [-0.3, -0.25) is 4.79 Å². The van der Waals surface area contributed by atoms with E-state index < -0.39 is 0 Å². The highest BCUT2D eigenvalue weighted by atomic mass is 16.3. The SMILES string of the molecule is CC(C)C(CN(C)C)NC(=O)c1cc(O)ccc1N. The molecule has 1 aromatic carbocycles. The summed E-state index contributed by atoms with van der Waals surface area (Å²) in [5.74, 6) is 0.0897. The van der Waals surface area contributed by atoms with Crippen LogP contribution in [0.1, 0.15) is 24.2 Å². The van der Waals surface area contributed by atoms with Crippen LogP contribution in [0.25, 0.3) is 0 Å². The molecule has 0 aromatic heterocycles. The van der Waals surface area contributed by atoms with Crippen molar-refractivity contribution in [3.63, 3.8) is 0 Å². The van der Waals surface area contributed by atoms with Crippen molar-refractivity contribution in [3.05, 3.63) is 23.8 Å². The number of nitrogens with zero attached hydrogens (tertiary/aromatic N) is 1. The quantitative estimate of drug-likeness (QED) is 0.554. The van der Waals surface area contributed by atoms with E-state index in [1.54, 1.807) is 0 Å². The standard InChI is InChI=1S/C14H23N3O2/c1-9(2)13(8-17(3)4)16-14(19)11-7-10(18)5-6-12(11)15/h5-7,9,13,18H,8,15H2,1-4H3,(H,16,19). The smallest absolute Gasteiger partial charge is 0.253 e. The van der Waals surface area contributed by atoms with Crippen LogP contribution in [0.3, 0.4) is 0 Å². The molecule has 1 rings (SSSR count). The largest absolute Gasteiger partial charge is 0.508 e. The molecule has 0 bridgehead atoms. The summed E-state index contributed by atoms with van der Waals surface area (Å²) in [5.41, 5.74) is 6.43. The van der Waals surface area contributed by atoms with Gasteiger partial charge in [0.1, 0.15) is 5.75 Å². The van der Waals surface area contributed by atoms with Crippen molar-refractivity contribution in [2.45, 2.75) is 19.9 Å². The fourth-order valence-electron chi connectivity index (χ4n) is 1.80. The van der Waals surface area contributed by atoms with Gasteiger partial charge in [0.2, 0.25) is 0 Å². The molecule has 1 amide bonds. The lowest BCUT2D eigenvalue weighted by atomic mass is 10.0. The van der Waals surface area contributed by atoms with E-state index in [2.05, 4.69) is 19.2 Å². The van der Waals surface area contributed by atoms with E-state index in [0.29, 0.717) is 17.2 Å². The van der Waals surface area contributed by atoms with Crippen molar-refractivity contribution in [3.8, 4) is 5.75 Å². The van der Waals surface area contributed by atoms with Crippen LogP contribution in [0.5, 0.6) is 5.75 Å². The minimum Gasteiger partial charge on any atom is -0.508 e. The van der Waals surface area contributed by atoms with E-state index in [1.165, 1.54) is 18.2 Å². The fourth-order valence-corrected chi connectivity index (χ4v) is 1.80. The van der Waals surface area contributed by atoms with Crippen LogP contribution in [0.2, 0.25) is 0 Å². The van der Waals surface area contributed by atoms with Gasteiger partial charge in [-0.05, 0) is 38.2 Å². The second-order valence-electron chi connectivity index (χ2n) is 5.36. The Labute approximate surface area is 114 Å². The first kappa shape index (κ1) is 15.3. The number of hydrogen-bond donors (Lipinski definition) is 3. The summed E-state index contributed by atoms with van der Waals surface area (Å²) in [4.78, 5) is 14.2. The van der Waals surface area contributed by atoms with Gasteiger partial charge in [-0.2, -0.15) is 0 Å². The number of phenols is 1. The van der Waals surface area contributed by atoms with E-state index in [0.717, 1.165) is 6.54 Å². The van der Waals surface area contributed by atoms with Gasteiger partial charge >= 0.3 is 0 Å². The van der Waals surface area contributed by atoms with Crippen LogP contribution in [-0.2, 0) is 0 Å². The highest BCUT2D eigenvalue weighted by molar-refractivity contribution is 5.99. The summed E-state index contributed by atoms with van der Waals surface area (Å²) in [7, 11) is 3.93. The van der Waals surface area contributed by atoms with E-state index in [1.807, 2.05) is 19.0 Å². The Balaban J connectivity index is 2.84. The zero-order chi connectivity index (χ0) is 14.6. The number of nitrogen functional groups attached to an aromatic ring is 1. The lowest BCUT2D eigenvalue weighted by Crippen LogP contribution is -2.45. The number of phenolic OH excluding ortho intramolecular Hbond substituents is 1. The molecule has 0 saturated heterocycles. The number of amides is 1. The summed E-state index contributed by atoms with van der Waals surface area (Å²) in [6, 6.07) is 4.41. The fraction of sp³-hybridized carbons (Fsp3) is 0.500. The molecule has 19 heavy (non-hydrogen) atoms. The van der Waals surface area contributed by atoms with Crippen molar-refractivity contribution in [2.24, 2.45) is 5.92 Å². The Kier molecular flexibility index (Phi) is 5.18. The van der Waals surface area contributed by atoms with E-state index in [4.69, 9.17) is 5.73 Å². The number of nitrogens with two attached hydrogens (primary N) is 1. The lowest BCUT2D eigenvalue weighted by molar-refractivity contribution is 0.0917. The number of anilines is 1. The van der Waals surface area contributed by atoms with Crippen LogP contribution in [0.4, 0.5) is 5.69 Å². The second kappa shape index (κ2) is 6.43. The van der Waals surface area contributed by atoms with Crippen LogP contribution >= 0.6 is 0 Å². The summed E-state index contributed by atoms with van der Waals surface area (Å²) in [5, 5.41) is 12.4. The predicted octanol–water partition coefficient (Wildman–Crippen LogP) is 1.29. The van der Waals surface area contributed by atoms with Crippen LogP contribution < -0.4 is 11.1 Å². The number of aromatic hydroxyl groups is 1. The molecule has 0 heterocycles. The van der Waals surface area contributed by atoms with Crippen LogP contribution in [0, 0.1) is 5.92 Å². The number of carbonyl (C=O) groups is 1. The molecular formula is C14H23N3O2. The Morgan fingerprint density at radius 2 is 2.05 bits per heavy atom. The molecule has 0 aliphatic heterocycles. The average molecular weight is 265 g/mol. The van der Waals surface area contributed by atoms with Crippen molar-refractivity contribution >= 4 is 11.6 Å². The maximum absolute atomic E-state index is 12.2. The molecule has 0 saturated carbocycles. The molecular weight excluding hydrogens is 242 g/mol. The Morgan fingerprint density at radius 1 is 1.42 bits per heavy atom. The number of rotatable bonds is 5. The van der Waals surface area contributed by atoms with Gasteiger partial charge in [-0.15, -0.1) is 0 Å². The molecule has 1 unspecified atom stereocenters. The molecule has 0 aliphatic carbocycles. The maximum atomic E-state index is 12.2. The van der Waals surface area contributed by atoms with Crippen LogP contribution in [-0.4, -0.2) is 42.6 Å². The van der Waals surface area contributed by atoms with Gasteiger partial charge in [0, 0.05) is 18.3 Å². The molecule has 0 aliphatic rings. The Hall–Kier alpha value is -1.75. The van der Waals surface area contributed by atoms with Crippen molar-refractivity contribution in [2.75, 3.05) is 26.4 Å². The minimum absolute atomic E-state index is 0.0317. The Morgan fingerprint density at radius 3 is 2.58 bits per heavy atom. The summed E-state index contributed by atoms with van der Waals surface area (Å²) in [6.07, 6.45) is 0. The zero-order valence-electron chi connectivity index (χ0n) is 12.0. The van der Waals surface area contributed by atoms with Crippen molar-refractivity contribution < 1.29 is 9.90 Å². The van der Waals surface area contributed by atoms with Gasteiger partial charge in [0.25, 0.3) is 5.91 Å². The average Bonchev–Trinajstić information content (AvgIpc) is 2.30. The first-order valence-electron chi connectivity index (χ1n) is 6.35. The lowest BCUT2D eigenvalue weighted by Gasteiger charge is -2.25. The molecule has 1 aromatic rings. The van der Waals surface area contributed by atoms with Gasteiger partial charge in [-0.25, -0.2) is 0 Å². The second-order valence-corrected chi connectivity index (χ2v) is 5.36. The van der Waals surface area contributed by atoms with Crippen molar-refractivity contribution in [1.29, 1.82) is 0 Å². The van der Waals surface area contributed by atoms with E-state index >= 15 is 0 Å². The maximum Gasteiger partial charge on any atom is 0.253 e. The Bertz CT molecular complexity index is 444. The van der Waals surface area contributed by atoms with Crippen LogP contribution in [0.15, 0.2) is 18.2 Å².